The number of nitrogens with one attached hydrogen (secondary N) is 1. The minimum atomic E-state index is -0.565. The Balaban J connectivity index is 1.15. The molecular formula is C23H24N4O4. The lowest BCUT2D eigenvalue weighted by Gasteiger charge is -2.58. The molecule has 3 aliphatic rings. The number of nitrogens with two attached hydrogens (primary N) is 1. The number of imide groups is 1. The van der Waals surface area contributed by atoms with Gasteiger partial charge in [-0.25, -0.2) is 9.78 Å². The van der Waals surface area contributed by atoms with Gasteiger partial charge in [-0.1, -0.05) is 30.3 Å². The van der Waals surface area contributed by atoms with E-state index in [0.717, 1.165) is 31.2 Å². The Bertz CT molecular complexity index is 1030. The first-order valence-electron chi connectivity index (χ1n) is 10.5. The van der Waals surface area contributed by atoms with Crippen molar-refractivity contribution < 1.29 is 19.1 Å². The summed E-state index contributed by atoms with van der Waals surface area (Å²) >= 11 is 0. The number of pyridine rings is 1. The van der Waals surface area contributed by atoms with Crippen LogP contribution in [0.4, 0.5) is 4.79 Å². The van der Waals surface area contributed by atoms with Gasteiger partial charge in [0, 0.05) is 18.7 Å². The molecule has 2 saturated carbocycles. The van der Waals surface area contributed by atoms with Gasteiger partial charge in [0.2, 0.25) is 5.88 Å². The first-order valence-corrected chi connectivity index (χ1v) is 10.5. The van der Waals surface area contributed by atoms with E-state index < -0.39 is 11.9 Å². The van der Waals surface area contributed by atoms with Crippen LogP contribution in [0.25, 0.3) is 0 Å². The molecule has 1 aromatic carbocycles. The molecule has 0 radical (unpaired) electrons. The van der Waals surface area contributed by atoms with Crippen molar-refractivity contribution in [1.82, 2.24) is 15.2 Å². The van der Waals surface area contributed by atoms with Gasteiger partial charge in [-0.2, -0.15) is 0 Å². The van der Waals surface area contributed by atoms with Crippen LogP contribution in [0, 0.1) is 5.41 Å². The Morgan fingerprint density at radius 1 is 1.13 bits per heavy atom. The third-order valence-electron chi connectivity index (χ3n) is 6.67. The molecule has 0 unspecified atom stereocenters. The molecule has 2 aromatic rings. The molecule has 1 aliphatic heterocycles. The van der Waals surface area contributed by atoms with Crippen molar-refractivity contribution in [2.24, 2.45) is 11.1 Å². The highest BCUT2D eigenvalue weighted by molar-refractivity contribution is 6.04. The van der Waals surface area contributed by atoms with Crippen molar-refractivity contribution >= 4 is 17.8 Å². The van der Waals surface area contributed by atoms with Gasteiger partial charge in [0.05, 0.1) is 0 Å². The van der Waals surface area contributed by atoms with Crippen LogP contribution >= 0.6 is 0 Å². The molecule has 2 heterocycles. The summed E-state index contributed by atoms with van der Waals surface area (Å²) in [5.41, 5.74) is 6.77. The van der Waals surface area contributed by atoms with Crippen molar-refractivity contribution in [3.05, 3.63) is 59.8 Å². The molecular weight excluding hydrogens is 396 g/mol. The smallest absolute Gasteiger partial charge is 0.325 e. The SMILES string of the molecule is NC(=O)c1cccnc1O[C@H]1CC2(C1)C[C@H](N1C(=O)N[C@@H](Cc3ccccc3)C1=O)C2. The summed E-state index contributed by atoms with van der Waals surface area (Å²) in [7, 11) is 0. The normalized spacial score (nSPS) is 29.3. The molecule has 1 spiro atoms. The van der Waals surface area contributed by atoms with E-state index in [1.165, 1.54) is 4.90 Å². The second-order valence-corrected chi connectivity index (χ2v) is 8.83. The lowest BCUT2D eigenvalue weighted by molar-refractivity contribution is -0.140. The fourth-order valence-electron chi connectivity index (χ4n) is 5.16. The van der Waals surface area contributed by atoms with E-state index in [0.29, 0.717) is 6.42 Å². The Morgan fingerprint density at radius 2 is 1.87 bits per heavy atom. The first kappa shape index (κ1) is 19.5. The molecule has 160 valence electrons. The van der Waals surface area contributed by atoms with E-state index in [2.05, 4.69) is 10.3 Å². The summed E-state index contributed by atoms with van der Waals surface area (Å²) in [6.45, 7) is 0. The number of amides is 4. The summed E-state index contributed by atoms with van der Waals surface area (Å²) in [4.78, 5) is 42.4. The molecule has 2 aliphatic carbocycles. The number of carbonyl (C=O) groups is 3. The van der Waals surface area contributed by atoms with Crippen LogP contribution in [0.3, 0.4) is 0 Å². The van der Waals surface area contributed by atoms with Gasteiger partial charge in [0.1, 0.15) is 17.7 Å². The highest BCUT2D eigenvalue weighted by Gasteiger charge is 2.58. The lowest BCUT2D eigenvalue weighted by Crippen LogP contribution is -2.60. The molecule has 31 heavy (non-hydrogen) atoms. The van der Waals surface area contributed by atoms with Crippen molar-refractivity contribution in [2.75, 3.05) is 0 Å². The molecule has 8 nitrogen and oxygen atoms in total. The average molecular weight is 420 g/mol. The van der Waals surface area contributed by atoms with E-state index >= 15 is 0 Å². The van der Waals surface area contributed by atoms with E-state index in [-0.39, 0.29) is 40.9 Å². The fourth-order valence-corrected chi connectivity index (χ4v) is 5.16. The van der Waals surface area contributed by atoms with Gasteiger partial charge in [-0.15, -0.1) is 0 Å². The Hall–Kier alpha value is -3.42. The molecule has 3 fully saturated rings. The molecule has 5 rings (SSSR count). The maximum Gasteiger partial charge on any atom is 0.325 e. The fraction of sp³-hybridized carbons (Fsp3) is 0.391. The number of primary amides is 1. The highest BCUT2D eigenvalue weighted by atomic mass is 16.5. The van der Waals surface area contributed by atoms with E-state index in [4.69, 9.17) is 10.5 Å². The van der Waals surface area contributed by atoms with E-state index in [9.17, 15) is 14.4 Å². The predicted molar refractivity (Wildman–Crippen MR) is 111 cm³/mol. The quantitative estimate of drug-likeness (QED) is 0.694. The minimum absolute atomic E-state index is 0.0390. The molecule has 8 heteroatoms. The number of hydrogen-bond acceptors (Lipinski definition) is 5. The average Bonchev–Trinajstić information content (AvgIpc) is 2.97. The summed E-state index contributed by atoms with van der Waals surface area (Å²) < 4.78 is 5.89. The molecule has 4 amide bonds. The maximum atomic E-state index is 12.8. The van der Waals surface area contributed by atoms with Crippen LogP contribution in [0.1, 0.15) is 41.6 Å². The van der Waals surface area contributed by atoms with Crippen LogP contribution < -0.4 is 15.8 Å². The van der Waals surface area contributed by atoms with Crippen molar-refractivity contribution in [3.63, 3.8) is 0 Å². The monoisotopic (exact) mass is 420 g/mol. The van der Waals surface area contributed by atoms with Crippen LogP contribution in [0.15, 0.2) is 48.7 Å². The van der Waals surface area contributed by atoms with Crippen molar-refractivity contribution in [3.8, 4) is 5.88 Å². The van der Waals surface area contributed by atoms with Crippen LogP contribution in [-0.2, 0) is 11.2 Å². The number of nitrogens with zero attached hydrogens (tertiary/aromatic N) is 2. The topological polar surface area (TPSA) is 115 Å². The van der Waals surface area contributed by atoms with Crippen molar-refractivity contribution in [2.45, 2.75) is 50.3 Å². The van der Waals surface area contributed by atoms with Gasteiger partial charge < -0.3 is 15.8 Å². The molecule has 1 aromatic heterocycles. The van der Waals surface area contributed by atoms with Gasteiger partial charge in [0.15, 0.2) is 0 Å². The van der Waals surface area contributed by atoms with Crippen LogP contribution in [0.5, 0.6) is 5.88 Å². The summed E-state index contributed by atoms with van der Waals surface area (Å²) in [5, 5.41) is 2.83. The van der Waals surface area contributed by atoms with E-state index in [1.54, 1.807) is 18.3 Å². The second-order valence-electron chi connectivity index (χ2n) is 8.83. The van der Waals surface area contributed by atoms with Gasteiger partial charge >= 0.3 is 6.03 Å². The van der Waals surface area contributed by atoms with Crippen LogP contribution in [-0.4, -0.2) is 45.9 Å². The lowest BCUT2D eigenvalue weighted by atomic mass is 9.52. The summed E-state index contributed by atoms with van der Waals surface area (Å²) in [5.74, 6) is -0.437. The molecule has 0 bridgehead atoms. The summed E-state index contributed by atoms with van der Waals surface area (Å²) in [6.07, 6.45) is 5.23. The summed E-state index contributed by atoms with van der Waals surface area (Å²) in [6, 6.07) is 12.1. The standard InChI is InChI=1S/C23H24N4O4/c24-19(28)17-7-4-8-25-20(17)31-16-12-23(13-16)10-15(11-23)27-21(29)18(26-22(27)30)9-14-5-2-1-3-6-14/h1-8,15-16,18H,9-13H2,(H2,24,28)(H,26,30)/t15-,16-,18-,23?/m0/s1. The highest BCUT2D eigenvalue weighted by Crippen LogP contribution is 2.58. The number of aromatic nitrogens is 1. The predicted octanol–water partition coefficient (Wildman–Crippen LogP) is 2.03. The zero-order valence-electron chi connectivity index (χ0n) is 17.0. The Labute approximate surface area is 179 Å². The molecule has 1 atom stereocenters. The van der Waals surface area contributed by atoms with Crippen molar-refractivity contribution in [1.29, 1.82) is 0 Å². The first-order chi connectivity index (χ1) is 14.9. The van der Waals surface area contributed by atoms with Gasteiger partial charge in [-0.3, -0.25) is 14.5 Å². The third kappa shape index (κ3) is 3.52. The largest absolute Gasteiger partial charge is 0.474 e. The number of ether oxygens (including phenoxy) is 1. The second kappa shape index (κ2) is 7.37. The third-order valence-corrected chi connectivity index (χ3v) is 6.67. The number of carbonyl (C=O) groups excluding carboxylic acids is 3. The number of hydrogen-bond donors (Lipinski definition) is 2. The minimum Gasteiger partial charge on any atom is -0.474 e. The van der Waals surface area contributed by atoms with Gasteiger partial charge in [-0.05, 0) is 48.8 Å². The zero-order valence-corrected chi connectivity index (χ0v) is 17.0. The molecule has 1 saturated heterocycles. The van der Waals surface area contributed by atoms with Crippen LogP contribution in [0.2, 0.25) is 0 Å². The maximum absolute atomic E-state index is 12.8. The number of benzene rings is 1. The number of urea groups is 1. The Kier molecular flexibility index (Phi) is 4.64. The number of rotatable bonds is 6. The van der Waals surface area contributed by atoms with Gasteiger partial charge in [0.25, 0.3) is 11.8 Å². The van der Waals surface area contributed by atoms with E-state index in [1.807, 2.05) is 30.3 Å². The Morgan fingerprint density at radius 3 is 2.58 bits per heavy atom. The molecule has 3 N–H and O–H groups in total. The zero-order chi connectivity index (χ0) is 21.6.